The van der Waals surface area contributed by atoms with Crippen LogP contribution in [0.15, 0.2) is 48.5 Å². The summed E-state index contributed by atoms with van der Waals surface area (Å²) >= 11 is 8.14. The summed E-state index contributed by atoms with van der Waals surface area (Å²) in [5.41, 5.74) is 1.97. The molecular weight excluding hydrogens is 397 g/mol. The first kappa shape index (κ1) is 16.3. The SMILES string of the molecule is CN(CCCc1ccccc1)C(=O)c1cc(Cl)ccc1I. The average molecular weight is 414 g/mol. The first-order chi connectivity index (χ1) is 10.1. The van der Waals surface area contributed by atoms with E-state index in [1.54, 1.807) is 17.0 Å². The number of amides is 1. The Morgan fingerprint density at radius 2 is 1.90 bits per heavy atom. The second kappa shape index (κ2) is 7.80. The number of rotatable bonds is 5. The third kappa shape index (κ3) is 4.71. The molecule has 2 rings (SSSR count). The summed E-state index contributed by atoms with van der Waals surface area (Å²) in [6, 6.07) is 15.7. The van der Waals surface area contributed by atoms with Crippen molar-refractivity contribution in [1.29, 1.82) is 0 Å². The number of nitrogens with zero attached hydrogens (tertiary/aromatic N) is 1. The van der Waals surface area contributed by atoms with Crippen LogP contribution in [0.3, 0.4) is 0 Å². The maximum Gasteiger partial charge on any atom is 0.254 e. The van der Waals surface area contributed by atoms with E-state index in [1.807, 2.05) is 31.3 Å². The summed E-state index contributed by atoms with van der Waals surface area (Å²) in [5.74, 6) is 0.0231. The van der Waals surface area contributed by atoms with Crippen LogP contribution in [0.4, 0.5) is 0 Å². The molecule has 0 aliphatic rings. The Morgan fingerprint density at radius 1 is 1.19 bits per heavy atom. The second-order valence-corrected chi connectivity index (χ2v) is 6.54. The third-order valence-corrected chi connectivity index (χ3v) is 4.48. The zero-order chi connectivity index (χ0) is 15.2. The van der Waals surface area contributed by atoms with E-state index >= 15 is 0 Å². The quantitative estimate of drug-likeness (QED) is 0.654. The van der Waals surface area contributed by atoms with Gasteiger partial charge in [0, 0.05) is 22.2 Å². The van der Waals surface area contributed by atoms with Crippen molar-refractivity contribution in [3.8, 4) is 0 Å². The minimum atomic E-state index is 0.0231. The Hall–Kier alpha value is -1.07. The molecule has 2 aromatic rings. The van der Waals surface area contributed by atoms with Gasteiger partial charge in [-0.2, -0.15) is 0 Å². The van der Waals surface area contributed by atoms with Crippen molar-refractivity contribution in [2.45, 2.75) is 12.8 Å². The molecule has 2 aromatic carbocycles. The molecule has 0 atom stereocenters. The zero-order valence-electron chi connectivity index (χ0n) is 11.9. The van der Waals surface area contributed by atoms with Crippen LogP contribution >= 0.6 is 34.2 Å². The monoisotopic (exact) mass is 413 g/mol. The number of aryl methyl sites for hydroxylation is 1. The summed E-state index contributed by atoms with van der Waals surface area (Å²) in [4.78, 5) is 14.2. The van der Waals surface area contributed by atoms with Crippen molar-refractivity contribution >= 4 is 40.1 Å². The maximum atomic E-state index is 12.4. The fourth-order valence-electron chi connectivity index (χ4n) is 2.13. The summed E-state index contributed by atoms with van der Waals surface area (Å²) in [6.07, 6.45) is 1.93. The van der Waals surface area contributed by atoms with E-state index in [4.69, 9.17) is 11.6 Å². The average Bonchev–Trinajstić information content (AvgIpc) is 2.50. The molecule has 0 spiro atoms. The molecule has 110 valence electrons. The smallest absolute Gasteiger partial charge is 0.254 e. The predicted octanol–water partition coefficient (Wildman–Crippen LogP) is 4.65. The lowest BCUT2D eigenvalue weighted by Crippen LogP contribution is -2.28. The van der Waals surface area contributed by atoms with Gasteiger partial charge in [-0.25, -0.2) is 0 Å². The van der Waals surface area contributed by atoms with Crippen LogP contribution in [-0.4, -0.2) is 24.4 Å². The van der Waals surface area contributed by atoms with Gasteiger partial charge in [-0.1, -0.05) is 41.9 Å². The number of halogens is 2. The molecule has 0 unspecified atom stereocenters. The molecule has 0 aliphatic heterocycles. The van der Waals surface area contributed by atoms with Crippen LogP contribution in [0.2, 0.25) is 5.02 Å². The summed E-state index contributed by atoms with van der Waals surface area (Å²) in [5, 5.41) is 0.594. The van der Waals surface area contributed by atoms with Crippen molar-refractivity contribution < 1.29 is 4.79 Å². The van der Waals surface area contributed by atoms with Gasteiger partial charge in [0.05, 0.1) is 5.56 Å². The molecule has 0 heterocycles. The zero-order valence-corrected chi connectivity index (χ0v) is 14.8. The number of carbonyl (C=O) groups excluding carboxylic acids is 1. The van der Waals surface area contributed by atoms with Crippen LogP contribution in [0.5, 0.6) is 0 Å². The topological polar surface area (TPSA) is 20.3 Å². The van der Waals surface area contributed by atoms with Gasteiger partial charge in [0.1, 0.15) is 0 Å². The van der Waals surface area contributed by atoms with E-state index in [2.05, 4.69) is 34.7 Å². The van der Waals surface area contributed by atoms with Crippen molar-refractivity contribution in [3.05, 3.63) is 68.3 Å². The summed E-state index contributed by atoms with van der Waals surface area (Å²) in [6.45, 7) is 0.732. The first-order valence-corrected chi connectivity index (χ1v) is 8.28. The van der Waals surface area contributed by atoms with E-state index in [-0.39, 0.29) is 5.91 Å². The van der Waals surface area contributed by atoms with Gasteiger partial charge >= 0.3 is 0 Å². The van der Waals surface area contributed by atoms with E-state index in [9.17, 15) is 4.79 Å². The normalized spacial score (nSPS) is 10.4. The minimum Gasteiger partial charge on any atom is -0.342 e. The number of carbonyl (C=O) groups is 1. The Kier molecular flexibility index (Phi) is 6.06. The van der Waals surface area contributed by atoms with E-state index < -0.39 is 0 Å². The Bertz CT molecular complexity index is 615. The molecule has 4 heteroatoms. The highest BCUT2D eigenvalue weighted by molar-refractivity contribution is 14.1. The van der Waals surface area contributed by atoms with Gasteiger partial charge in [-0.3, -0.25) is 4.79 Å². The lowest BCUT2D eigenvalue weighted by molar-refractivity contribution is 0.0792. The molecule has 1 amide bonds. The lowest BCUT2D eigenvalue weighted by Gasteiger charge is -2.18. The van der Waals surface area contributed by atoms with Crippen molar-refractivity contribution in [3.63, 3.8) is 0 Å². The molecule has 21 heavy (non-hydrogen) atoms. The highest BCUT2D eigenvalue weighted by Gasteiger charge is 2.15. The van der Waals surface area contributed by atoms with Gasteiger partial charge in [0.25, 0.3) is 5.91 Å². The highest BCUT2D eigenvalue weighted by atomic mass is 127. The van der Waals surface area contributed by atoms with Crippen molar-refractivity contribution in [2.75, 3.05) is 13.6 Å². The Morgan fingerprint density at radius 3 is 2.62 bits per heavy atom. The van der Waals surface area contributed by atoms with Crippen LogP contribution in [0.1, 0.15) is 22.3 Å². The molecule has 2 nitrogen and oxygen atoms in total. The van der Waals surface area contributed by atoms with Crippen LogP contribution in [0, 0.1) is 3.57 Å². The van der Waals surface area contributed by atoms with Crippen molar-refractivity contribution in [1.82, 2.24) is 4.90 Å². The van der Waals surface area contributed by atoms with Crippen LogP contribution < -0.4 is 0 Å². The number of benzene rings is 2. The summed E-state index contributed by atoms with van der Waals surface area (Å²) in [7, 11) is 1.84. The molecule has 0 aliphatic carbocycles. The Balaban J connectivity index is 1.92. The van der Waals surface area contributed by atoms with E-state index in [0.29, 0.717) is 10.6 Å². The second-order valence-electron chi connectivity index (χ2n) is 4.94. The fourth-order valence-corrected chi connectivity index (χ4v) is 2.87. The van der Waals surface area contributed by atoms with Gasteiger partial charge < -0.3 is 4.90 Å². The van der Waals surface area contributed by atoms with E-state index in [0.717, 1.165) is 23.0 Å². The number of hydrogen-bond donors (Lipinski definition) is 0. The molecule has 0 bridgehead atoms. The van der Waals surface area contributed by atoms with Gasteiger partial charge in [-0.15, -0.1) is 0 Å². The molecule has 0 aromatic heterocycles. The van der Waals surface area contributed by atoms with Gasteiger partial charge in [0.15, 0.2) is 0 Å². The molecular formula is C17H17ClINO. The molecule has 0 fully saturated rings. The maximum absolute atomic E-state index is 12.4. The standard InChI is InChI=1S/C17H17ClINO/c1-20(11-5-8-13-6-3-2-4-7-13)17(21)15-12-14(18)9-10-16(15)19/h2-4,6-7,9-10,12H,5,8,11H2,1H3. The van der Waals surface area contributed by atoms with Gasteiger partial charge in [-0.05, 0) is 59.2 Å². The van der Waals surface area contributed by atoms with Crippen LogP contribution in [0.25, 0.3) is 0 Å². The summed E-state index contributed by atoms with van der Waals surface area (Å²) < 4.78 is 0.928. The minimum absolute atomic E-state index is 0.0231. The molecule has 0 radical (unpaired) electrons. The predicted molar refractivity (Wildman–Crippen MR) is 95.9 cm³/mol. The molecule has 0 saturated carbocycles. The fraction of sp³-hybridized carbons (Fsp3) is 0.235. The lowest BCUT2D eigenvalue weighted by atomic mass is 10.1. The first-order valence-electron chi connectivity index (χ1n) is 6.82. The van der Waals surface area contributed by atoms with Gasteiger partial charge in [0.2, 0.25) is 0 Å². The van der Waals surface area contributed by atoms with Crippen LogP contribution in [-0.2, 0) is 6.42 Å². The van der Waals surface area contributed by atoms with Crippen molar-refractivity contribution in [2.24, 2.45) is 0 Å². The third-order valence-electron chi connectivity index (χ3n) is 3.31. The number of hydrogen-bond acceptors (Lipinski definition) is 1. The largest absolute Gasteiger partial charge is 0.342 e. The molecule has 0 N–H and O–H groups in total. The van der Waals surface area contributed by atoms with E-state index in [1.165, 1.54) is 5.56 Å². The highest BCUT2D eigenvalue weighted by Crippen LogP contribution is 2.19. The Labute approximate surface area is 144 Å². The molecule has 0 saturated heterocycles.